The van der Waals surface area contributed by atoms with Crippen LogP contribution < -0.4 is 5.73 Å². The molecule has 0 aliphatic heterocycles. The number of hydrogen-bond donors (Lipinski definition) is 2. The SMILES string of the molecule is C=C(/C=C(N)\C(F)=C/C)c1n[nH]c2ncc(C)nc12. The molecule has 3 N–H and O–H groups in total. The van der Waals surface area contributed by atoms with Crippen LogP contribution in [0.1, 0.15) is 18.3 Å². The molecule has 2 aromatic rings. The number of halogens is 1. The number of nitrogens with two attached hydrogens (primary N) is 1. The van der Waals surface area contributed by atoms with Crippen LogP contribution in [0.4, 0.5) is 4.39 Å². The highest BCUT2D eigenvalue weighted by molar-refractivity contribution is 5.87. The minimum atomic E-state index is -0.497. The lowest BCUT2D eigenvalue weighted by Gasteiger charge is -2.00. The third-order valence-corrected chi connectivity index (χ3v) is 2.55. The predicted octanol–water partition coefficient (Wildman–Crippen LogP) is 2.39. The molecule has 19 heavy (non-hydrogen) atoms. The molecule has 0 aliphatic carbocycles. The molecule has 98 valence electrons. The van der Waals surface area contributed by atoms with Crippen molar-refractivity contribution in [1.82, 2.24) is 20.2 Å². The van der Waals surface area contributed by atoms with Gasteiger partial charge in [-0.15, -0.1) is 0 Å². The fourth-order valence-electron chi connectivity index (χ4n) is 1.60. The molecule has 0 saturated heterocycles. The van der Waals surface area contributed by atoms with Gasteiger partial charge in [0.15, 0.2) is 5.65 Å². The zero-order valence-corrected chi connectivity index (χ0v) is 10.7. The van der Waals surface area contributed by atoms with E-state index in [1.807, 2.05) is 6.92 Å². The first-order chi connectivity index (χ1) is 9.02. The number of allylic oxidation sites excluding steroid dienone is 4. The molecule has 0 spiro atoms. The Morgan fingerprint density at radius 2 is 2.26 bits per heavy atom. The van der Waals surface area contributed by atoms with E-state index >= 15 is 0 Å². The minimum absolute atomic E-state index is 0.00395. The summed E-state index contributed by atoms with van der Waals surface area (Å²) in [6, 6.07) is 0. The first kappa shape index (κ1) is 12.9. The van der Waals surface area contributed by atoms with Crippen LogP contribution >= 0.6 is 0 Å². The minimum Gasteiger partial charge on any atom is -0.396 e. The van der Waals surface area contributed by atoms with Gasteiger partial charge in [-0.05, 0) is 31.6 Å². The van der Waals surface area contributed by atoms with Gasteiger partial charge in [-0.3, -0.25) is 5.10 Å². The molecule has 0 aliphatic rings. The molecule has 2 aromatic heterocycles. The summed E-state index contributed by atoms with van der Waals surface area (Å²) < 4.78 is 13.3. The van der Waals surface area contributed by atoms with Crippen molar-refractivity contribution in [2.24, 2.45) is 5.73 Å². The van der Waals surface area contributed by atoms with Gasteiger partial charge in [-0.2, -0.15) is 5.10 Å². The second kappa shape index (κ2) is 5.01. The van der Waals surface area contributed by atoms with E-state index in [2.05, 4.69) is 26.7 Å². The van der Waals surface area contributed by atoms with Crippen molar-refractivity contribution >= 4 is 16.7 Å². The van der Waals surface area contributed by atoms with Crippen LogP contribution in [0.15, 0.2) is 36.5 Å². The Labute approximate surface area is 109 Å². The maximum atomic E-state index is 13.3. The average Bonchev–Trinajstić information content (AvgIpc) is 2.80. The Balaban J connectivity index is 2.45. The second-order valence-electron chi connectivity index (χ2n) is 4.04. The lowest BCUT2D eigenvalue weighted by molar-refractivity contribution is 0.646. The van der Waals surface area contributed by atoms with Gasteiger partial charge in [0.25, 0.3) is 0 Å². The number of aromatic amines is 1. The third-order valence-electron chi connectivity index (χ3n) is 2.55. The molecule has 0 bridgehead atoms. The molecule has 6 heteroatoms. The summed E-state index contributed by atoms with van der Waals surface area (Å²) in [5, 5.41) is 6.83. The topological polar surface area (TPSA) is 80.5 Å². The van der Waals surface area contributed by atoms with Crippen LogP contribution in [0.5, 0.6) is 0 Å². The van der Waals surface area contributed by atoms with Crippen LogP contribution in [0.3, 0.4) is 0 Å². The number of hydrogen-bond acceptors (Lipinski definition) is 4. The fraction of sp³-hybridized carbons (Fsp3) is 0.154. The van der Waals surface area contributed by atoms with Gasteiger partial charge in [0.05, 0.1) is 17.6 Å². The summed E-state index contributed by atoms with van der Waals surface area (Å²) in [4.78, 5) is 8.49. The predicted molar refractivity (Wildman–Crippen MR) is 72.6 cm³/mol. The Morgan fingerprint density at radius 1 is 1.53 bits per heavy atom. The highest BCUT2D eigenvalue weighted by Crippen LogP contribution is 2.21. The first-order valence-corrected chi connectivity index (χ1v) is 5.69. The van der Waals surface area contributed by atoms with Crippen molar-refractivity contribution in [3.8, 4) is 0 Å². The Hall–Kier alpha value is -2.50. The average molecular weight is 259 g/mol. The lowest BCUT2D eigenvalue weighted by Crippen LogP contribution is -1.98. The number of H-pyrrole nitrogens is 1. The Bertz CT molecular complexity index is 696. The van der Waals surface area contributed by atoms with Gasteiger partial charge in [0.1, 0.15) is 17.0 Å². The summed E-state index contributed by atoms with van der Waals surface area (Å²) in [5.41, 5.74) is 8.49. The molecule has 5 nitrogen and oxygen atoms in total. The van der Waals surface area contributed by atoms with Gasteiger partial charge >= 0.3 is 0 Å². The number of rotatable bonds is 3. The smallest absolute Gasteiger partial charge is 0.174 e. The molecular formula is C13H14FN5. The highest BCUT2D eigenvalue weighted by Gasteiger charge is 2.11. The number of aromatic nitrogens is 4. The highest BCUT2D eigenvalue weighted by atomic mass is 19.1. The molecule has 0 aromatic carbocycles. The van der Waals surface area contributed by atoms with Gasteiger partial charge < -0.3 is 5.73 Å². The molecule has 0 atom stereocenters. The van der Waals surface area contributed by atoms with E-state index in [1.54, 1.807) is 13.1 Å². The van der Waals surface area contributed by atoms with Gasteiger partial charge in [-0.25, -0.2) is 14.4 Å². The maximum absolute atomic E-state index is 13.3. The van der Waals surface area contributed by atoms with Crippen molar-refractivity contribution in [1.29, 1.82) is 0 Å². The van der Waals surface area contributed by atoms with Gasteiger partial charge in [0.2, 0.25) is 0 Å². The molecule has 2 heterocycles. The first-order valence-electron chi connectivity index (χ1n) is 5.69. The van der Waals surface area contributed by atoms with E-state index < -0.39 is 5.83 Å². The van der Waals surface area contributed by atoms with E-state index in [1.165, 1.54) is 12.2 Å². The lowest BCUT2D eigenvalue weighted by atomic mass is 10.1. The second-order valence-corrected chi connectivity index (χ2v) is 4.04. The number of aryl methyl sites for hydroxylation is 1. The van der Waals surface area contributed by atoms with E-state index in [4.69, 9.17) is 5.73 Å². The van der Waals surface area contributed by atoms with Crippen LogP contribution in [0.2, 0.25) is 0 Å². The normalized spacial score (nSPS) is 13.0. The van der Waals surface area contributed by atoms with Crippen molar-refractivity contribution in [3.05, 3.63) is 47.8 Å². The zero-order valence-electron chi connectivity index (χ0n) is 10.7. The van der Waals surface area contributed by atoms with Crippen molar-refractivity contribution in [3.63, 3.8) is 0 Å². The van der Waals surface area contributed by atoms with E-state index in [0.29, 0.717) is 22.4 Å². The fourth-order valence-corrected chi connectivity index (χ4v) is 1.60. The van der Waals surface area contributed by atoms with Gasteiger partial charge in [-0.1, -0.05) is 6.58 Å². The third kappa shape index (κ3) is 2.52. The maximum Gasteiger partial charge on any atom is 0.174 e. The van der Waals surface area contributed by atoms with Crippen molar-refractivity contribution in [2.45, 2.75) is 13.8 Å². The molecule has 0 radical (unpaired) electrons. The van der Waals surface area contributed by atoms with Crippen LogP contribution in [0, 0.1) is 6.92 Å². The van der Waals surface area contributed by atoms with E-state index in [-0.39, 0.29) is 5.70 Å². The molecule has 0 fully saturated rings. The van der Waals surface area contributed by atoms with Crippen molar-refractivity contribution < 1.29 is 4.39 Å². The van der Waals surface area contributed by atoms with Crippen LogP contribution in [-0.4, -0.2) is 20.2 Å². The quantitative estimate of drug-likeness (QED) is 0.829. The summed E-state index contributed by atoms with van der Waals surface area (Å²) in [7, 11) is 0. The summed E-state index contributed by atoms with van der Waals surface area (Å²) >= 11 is 0. The van der Waals surface area contributed by atoms with E-state index in [9.17, 15) is 4.39 Å². The Morgan fingerprint density at radius 3 is 2.95 bits per heavy atom. The molecular weight excluding hydrogens is 245 g/mol. The summed E-state index contributed by atoms with van der Waals surface area (Å²) in [6.07, 6.45) is 4.34. The molecule has 0 saturated carbocycles. The van der Waals surface area contributed by atoms with Crippen LogP contribution in [0.25, 0.3) is 16.7 Å². The van der Waals surface area contributed by atoms with Crippen molar-refractivity contribution in [2.75, 3.05) is 0 Å². The summed E-state index contributed by atoms with van der Waals surface area (Å²) in [6.45, 7) is 7.23. The standard InChI is InChI=1S/C13H14FN5/c1-4-9(14)10(15)5-7(2)11-12-13(19-18-11)16-6-8(3)17-12/h4-6H,2,15H2,1,3H3,(H,16,18,19)/b9-4+,10-5+. The summed E-state index contributed by atoms with van der Waals surface area (Å²) in [5.74, 6) is -0.497. The molecule has 0 unspecified atom stereocenters. The monoisotopic (exact) mass is 259 g/mol. The molecule has 2 rings (SSSR count). The zero-order chi connectivity index (χ0) is 14.0. The number of fused-ring (bicyclic) bond motifs is 1. The van der Waals surface area contributed by atoms with Crippen LogP contribution in [-0.2, 0) is 0 Å². The van der Waals surface area contributed by atoms with Gasteiger partial charge in [0, 0.05) is 0 Å². The number of nitrogens with one attached hydrogen (secondary N) is 1. The van der Waals surface area contributed by atoms with E-state index in [0.717, 1.165) is 5.69 Å². The number of nitrogens with zero attached hydrogens (tertiary/aromatic N) is 3. The Kier molecular flexibility index (Phi) is 3.41. The molecule has 0 amide bonds. The largest absolute Gasteiger partial charge is 0.396 e.